The van der Waals surface area contributed by atoms with E-state index >= 15 is 0 Å². The molecule has 6 nitrogen and oxygen atoms in total. The number of hydrogen-bond acceptors (Lipinski definition) is 3. The van der Waals surface area contributed by atoms with Crippen molar-refractivity contribution < 1.29 is 8.42 Å². The van der Waals surface area contributed by atoms with Crippen LogP contribution in [0.1, 0.15) is 40.5 Å². The van der Waals surface area contributed by atoms with Gasteiger partial charge in [0, 0.05) is 18.6 Å². The minimum Gasteiger partial charge on any atom is -0.357 e. The molecular formula is C12H28N4O2S. The first-order chi connectivity index (χ1) is 8.70. The second-order valence-corrected chi connectivity index (χ2v) is 6.98. The van der Waals surface area contributed by atoms with Crippen LogP contribution in [0, 0.1) is 0 Å². The van der Waals surface area contributed by atoms with E-state index in [2.05, 4.69) is 27.3 Å². The molecule has 7 heteroatoms. The Labute approximate surface area is 117 Å². The highest BCUT2D eigenvalue weighted by molar-refractivity contribution is 7.88. The third-order valence-electron chi connectivity index (χ3n) is 2.26. The smallest absolute Gasteiger partial charge is 0.209 e. The van der Waals surface area contributed by atoms with Crippen molar-refractivity contribution in [3.63, 3.8) is 0 Å². The lowest BCUT2D eigenvalue weighted by Crippen LogP contribution is -2.46. The summed E-state index contributed by atoms with van der Waals surface area (Å²) >= 11 is 0. The third kappa shape index (κ3) is 10.8. The molecule has 0 aliphatic rings. The summed E-state index contributed by atoms with van der Waals surface area (Å²) in [7, 11) is -3.22. The molecule has 0 aromatic heterocycles. The number of nitrogens with zero attached hydrogens (tertiary/aromatic N) is 1. The molecule has 0 aromatic carbocycles. The van der Waals surface area contributed by atoms with Crippen LogP contribution in [0.3, 0.4) is 0 Å². The topological polar surface area (TPSA) is 82.6 Å². The number of unbranched alkanes of at least 4 members (excludes halogenated alkanes) is 1. The maximum Gasteiger partial charge on any atom is 0.209 e. The van der Waals surface area contributed by atoms with Gasteiger partial charge in [-0.3, -0.25) is 4.99 Å². The third-order valence-corrected chi connectivity index (χ3v) is 3.18. The Morgan fingerprint density at radius 3 is 2.32 bits per heavy atom. The van der Waals surface area contributed by atoms with Crippen molar-refractivity contribution in [1.29, 1.82) is 0 Å². The van der Waals surface area contributed by atoms with Crippen molar-refractivity contribution in [2.75, 3.05) is 25.9 Å². The van der Waals surface area contributed by atoms with Crippen molar-refractivity contribution in [3.8, 4) is 0 Å². The lowest BCUT2D eigenvalue weighted by Gasteiger charge is -2.23. The van der Waals surface area contributed by atoms with Gasteiger partial charge in [0.1, 0.15) is 0 Å². The first-order valence-corrected chi connectivity index (χ1v) is 8.60. The first kappa shape index (κ1) is 18.2. The second-order valence-electron chi connectivity index (χ2n) is 5.23. The lowest BCUT2D eigenvalue weighted by atomic mass is 10.1. The molecule has 3 N–H and O–H groups in total. The average Bonchev–Trinajstić information content (AvgIpc) is 2.23. The highest BCUT2D eigenvalue weighted by Gasteiger charge is 2.21. The Morgan fingerprint density at radius 2 is 1.84 bits per heavy atom. The van der Waals surface area contributed by atoms with Gasteiger partial charge in [0.25, 0.3) is 0 Å². The summed E-state index contributed by atoms with van der Waals surface area (Å²) < 4.78 is 25.0. The highest BCUT2D eigenvalue weighted by atomic mass is 32.2. The molecule has 0 fully saturated rings. The monoisotopic (exact) mass is 292 g/mol. The number of rotatable bonds is 8. The standard InChI is InChI=1S/C12H28N4O2S/c1-6-8-9-14-11(13-7-2)15-10-12(3,4)16-19(5,17)18/h16H,6-10H2,1-5H3,(H2,13,14,15). The molecule has 0 aromatic rings. The Hall–Kier alpha value is -0.820. The van der Waals surface area contributed by atoms with Gasteiger partial charge in [-0.05, 0) is 27.2 Å². The van der Waals surface area contributed by atoms with Crippen LogP contribution in [0.15, 0.2) is 4.99 Å². The zero-order chi connectivity index (χ0) is 14.9. The molecule has 114 valence electrons. The molecule has 0 heterocycles. The molecule has 0 saturated carbocycles. The van der Waals surface area contributed by atoms with Gasteiger partial charge in [0.15, 0.2) is 5.96 Å². The van der Waals surface area contributed by atoms with E-state index in [1.165, 1.54) is 0 Å². The molecule has 0 unspecified atom stereocenters. The summed E-state index contributed by atoms with van der Waals surface area (Å²) in [6.07, 6.45) is 3.35. The average molecular weight is 292 g/mol. The van der Waals surface area contributed by atoms with E-state index in [9.17, 15) is 8.42 Å². The van der Waals surface area contributed by atoms with Gasteiger partial charge < -0.3 is 10.6 Å². The first-order valence-electron chi connectivity index (χ1n) is 6.71. The van der Waals surface area contributed by atoms with Crippen LogP contribution >= 0.6 is 0 Å². The Kier molecular flexibility index (Phi) is 8.01. The predicted octanol–water partition coefficient (Wildman–Crippen LogP) is 0.669. The van der Waals surface area contributed by atoms with E-state index < -0.39 is 15.6 Å². The maximum atomic E-state index is 11.2. The molecule has 0 radical (unpaired) electrons. The van der Waals surface area contributed by atoms with Crippen LogP contribution in [-0.2, 0) is 10.0 Å². The van der Waals surface area contributed by atoms with Gasteiger partial charge in [-0.25, -0.2) is 13.1 Å². The van der Waals surface area contributed by atoms with Crippen molar-refractivity contribution in [3.05, 3.63) is 0 Å². The molecule has 0 aliphatic carbocycles. The number of sulfonamides is 1. The van der Waals surface area contributed by atoms with E-state index in [4.69, 9.17) is 0 Å². The van der Waals surface area contributed by atoms with E-state index in [1.807, 2.05) is 20.8 Å². The van der Waals surface area contributed by atoms with Crippen LogP contribution in [0.4, 0.5) is 0 Å². The van der Waals surface area contributed by atoms with Crippen molar-refractivity contribution >= 4 is 16.0 Å². The van der Waals surface area contributed by atoms with Crippen molar-refractivity contribution in [1.82, 2.24) is 15.4 Å². The highest BCUT2D eigenvalue weighted by Crippen LogP contribution is 2.04. The second kappa shape index (κ2) is 8.37. The fourth-order valence-electron chi connectivity index (χ4n) is 1.54. The molecule has 0 bridgehead atoms. The van der Waals surface area contributed by atoms with Gasteiger partial charge in [0.05, 0.1) is 12.8 Å². The van der Waals surface area contributed by atoms with Gasteiger partial charge in [-0.1, -0.05) is 13.3 Å². The molecule has 19 heavy (non-hydrogen) atoms. The summed E-state index contributed by atoms with van der Waals surface area (Å²) in [4.78, 5) is 4.41. The number of guanidine groups is 1. The van der Waals surface area contributed by atoms with E-state index in [-0.39, 0.29) is 0 Å². The number of nitrogens with one attached hydrogen (secondary N) is 3. The van der Waals surface area contributed by atoms with Crippen LogP contribution in [0.25, 0.3) is 0 Å². The van der Waals surface area contributed by atoms with Crippen LogP contribution in [0.2, 0.25) is 0 Å². The fourth-order valence-corrected chi connectivity index (χ4v) is 2.60. The SMILES string of the molecule is CCCCNC(=NCC(C)(C)NS(C)(=O)=O)NCC. The van der Waals surface area contributed by atoms with Crippen LogP contribution in [-0.4, -0.2) is 45.8 Å². The molecule has 0 atom stereocenters. The lowest BCUT2D eigenvalue weighted by molar-refractivity contribution is 0.464. The Balaban J connectivity index is 4.49. The normalized spacial score (nSPS) is 13.4. The number of aliphatic imine (C=N–C) groups is 1. The van der Waals surface area contributed by atoms with Crippen molar-refractivity contribution in [2.45, 2.75) is 46.1 Å². The van der Waals surface area contributed by atoms with Gasteiger partial charge >= 0.3 is 0 Å². The summed E-state index contributed by atoms with van der Waals surface area (Å²) in [6.45, 7) is 9.77. The van der Waals surface area contributed by atoms with Gasteiger partial charge in [0.2, 0.25) is 10.0 Å². The largest absolute Gasteiger partial charge is 0.357 e. The Bertz CT molecular complexity index is 377. The van der Waals surface area contributed by atoms with E-state index in [1.54, 1.807) is 0 Å². The fraction of sp³-hybridized carbons (Fsp3) is 0.917. The predicted molar refractivity (Wildman–Crippen MR) is 80.9 cm³/mol. The molecule has 0 saturated heterocycles. The molecule has 0 aliphatic heterocycles. The zero-order valence-electron chi connectivity index (χ0n) is 12.7. The quantitative estimate of drug-likeness (QED) is 0.349. The van der Waals surface area contributed by atoms with Crippen LogP contribution in [0.5, 0.6) is 0 Å². The summed E-state index contributed by atoms with van der Waals surface area (Å²) in [5, 5.41) is 6.36. The summed E-state index contributed by atoms with van der Waals surface area (Å²) in [5.41, 5.74) is -0.597. The summed E-state index contributed by atoms with van der Waals surface area (Å²) in [5.74, 6) is 0.722. The van der Waals surface area contributed by atoms with E-state index in [0.29, 0.717) is 6.54 Å². The minimum atomic E-state index is -3.22. The molecular weight excluding hydrogens is 264 g/mol. The number of hydrogen-bond donors (Lipinski definition) is 3. The zero-order valence-corrected chi connectivity index (χ0v) is 13.5. The molecule has 0 rings (SSSR count). The minimum absolute atomic E-state index is 0.377. The molecule has 0 amide bonds. The maximum absolute atomic E-state index is 11.2. The molecule has 0 spiro atoms. The summed E-state index contributed by atoms with van der Waals surface area (Å²) in [6, 6.07) is 0. The van der Waals surface area contributed by atoms with Gasteiger partial charge in [-0.2, -0.15) is 0 Å². The van der Waals surface area contributed by atoms with Gasteiger partial charge in [-0.15, -0.1) is 0 Å². The van der Waals surface area contributed by atoms with Crippen LogP contribution < -0.4 is 15.4 Å². The van der Waals surface area contributed by atoms with Crippen molar-refractivity contribution in [2.24, 2.45) is 4.99 Å². The van der Waals surface area contributed by atoms with E-state index in [0.717, 1.165) is 38.1 Å². The Morgan fingerprint density at radius 1 is 1.21 bits per heavy atom.